The third kappa shape index (κ3) is 3.47. The van der Waals surface area contributed by atoms with Gasteiger partial charge in [0.15, 0.2) is 0 Å². The van der Waals surface area contributed by atoms with E-state index >= 15 is 0 Å². The van der Waals surface area contributed by atoms with Crippen LogP contribution in [-0.4, -0.2) is 18.4 Å². The Balaban J connectivity index is 2.86. The van der Waals surface area contributed by atoms with Crippen molar-refractivity contribution in [3.05, 3.63) is 42.0 Å². The van der Waals surface area contributed by atoms with Gasteiger partial charge in [0, 0.05) is 12.2 Å². The predicted molar refractivity (Wildman–Crippen MR) is 81.5 cm³/mol. The van der Waals surface area contributed by atoms with Crippen LogP contribution in [0.3, 0.4) is 0 Å². The molecule has 2 amide bonds. The Morgan fingerprint density at radius 1 is 1.25 bits per heavy atom. The van der Waals surface area contributed by atoms with E-state index in [0.717, 1.165) is 16.8 Å². The molecule has 0 heterocycles. The van der Waals surface area contributed by atoms with Crippen LogP contribution in [0.5, 0.6) is 0 Å². The van der Waals surface area contributed by atoms with Gasteiger partial charge in [0.25, 0.3) is 0 Å². The van der Waals surface area contributed by atoms with Crippen molar-refractivity contribution in [2.24, 2.45) is 5.41 Å². The molecule has 4 heteroatoms. The van der Waals surface area contributed by atoms with Crippen LogP contribution in [0, 0.1) is 19.3 Å². The molecule has 0 bridgehead atoms. The van der Waals surface area contributed by atoms with Crippen LogP contribution in [-0.2, 0) is 9.59 Å². The van der Waals surface area contributed by atoms with E-state index in [9.17, 15) is 9.59 Å². The molecule has 1 aromatic carbocycles. The van der Waals surface area contributed by atoms with E-state index in [-0.39, 0.29) is 11.8 Å². The van der Waals surface area contributed by atoms with Gasteiger partial charge in [-0.3, -0.25) is 9.59 Å². The van der Waals surface area contributed by atoms with Gasteiger partial charge >= 0.3 is 0 Å². The van der Waals surface area contributed by atoms with Crippen molar-refractivity contribution in [2.75, 3.05) is 11.9 Å². The molecular weight excluding hydrogens is 252 g/mol. The van der Waals surface area contributed by atoms with Crippen molar-refractivity contribution in [2.45, 2.75) is 27.7 Å². The van der Waals surface area contributed by atoms with Crippen molar-refractivity contribution in [1.29, 1.82) is 0 Å². The molecule has 0 atom stereocenters. The third-order valence-electron chi connectivity index (χ3n) is 3.40. The Bertz CT molecular complexity index is 533. The maximum atomic E-state index is 12.3. The summed E-state index contributed by atoms with van der Waals surface area (Å²) < 4.78 is 0. The number of carbonyl (C=O) groups is 2. The minimum atomic E-state index is -1.14. The number of hydrogen-bond donors (Lipinski definition) is 2. The summed E-state index contributed by atoms with van der Waals surface area (Å²) in [7, 11) is 0. The molecule has 0 aliphatic rings. The minimum absolute atomic E-state index is 0.319. The van der Waals surface area contributed by atoms with Gasteiger partial charge in [-0.1, -0.05) is 18.2 Å². The van der Waals surface area contributed by atoms with Crippen LogP contribution >= 0.6 is 0 Å². The molecule has 0 saturated heterocycles. The number of hydrogen-bond acceptors (Lipinski definition) is 2. The van der Waals surface area contributed by atoms with E-state index in [0.29, 0.717) is 6.54 Å². The van der Waals surface area contributed by atoms with Crippen molar-refractivity contribution in [3.8, 4) is 0 Å². The standard InChI is InChI=1S/C16H22N2O2/c1-6-10-17-14(19)16(4,5)15(20)18-13-9-7-8-11(2)12(13)3/h6-9H,1,10H2,2-5H3,(H,17,19)(H,18,20). The SMILES string of the molecule is C=CCNC(=O)C(C)(C)C(=O)Nc1cccc(C)c1C. The van der Waals surface area contributed by atoms with Crippen molar-refractivity contribution < 1.29 is 9.59 Å². The monoisotopic (exact) mass is 274 g/mol. The van der Waals surface area contributed by atoms with Crippen molar-refractivity contribution in [1.82, 2.24) is 5.32 Å². The zero-order chi connectivity index (χ0) is 15.3. The number of benzene rings is 1. The molecule has 108 valence electrons. The Hall–Kier alpha value is -2.10. The molecule has 2 N–H and O–H groups in total. The van der Waals surface area contributed by atoms with Crippen LogP contribution in [0.25, 0.3) is 0 Å². The fourth-order valence-corrected chi connectivity index (χ4v) is 1.65. The van der Waals surface area contributed by atoms with E-state index in [1.807, 2.05) is 32.0 Å². The second-order valence-corrected chi connectivity index (χ2v) is 5.33. The Kier molecular flexibility index (Phi) is 5.08. The third-order valence-corrected chi connectivity index (χ3v) is 3.40. The summed E-state index contributed by atoms with van der Waals surface area (Å²) in [6, 6.07) is 5.69. The molecule has 4 nitrogen and oxygen atoms in total. The lowest BCUT2D eigenvalue weighted by molar-refractivity contribution is -0.138. The average Bonchev–Trinajstić information content (AvgIpc) is 2.40. The summed E-state index contributed by atoms with van der Waals surface area (Å²) in [6.45, 7) is 11.0. The highest BCUT2D eigenvalue weighted by Gasteiger charge is 2.35. The zero-order valence-corrected chi connectivity index (χ0v) is 12.5. The van der Waals surface area contributed by atoms with Gasteiger partial charge in [-0.05, 0) is 44.9 Å². The quantitative estimate of drug-likeness (QED) is 0.640. The minimum Gasteiger partial charge on any atom is -0.352 e. The molecule has 0 radical (unpaired) electrons. The summed E-state index contributed by atoms with van der Waals surface area (Å²) in [5.74, 6) is -0.645. The highest BCUT2D eigenvalue weighted by atomic mass is 16.2. The fraction of sp³-hybridized carbons (Fsp3) is 0.375. The highest BCUT2D eigenvalue weighted by molar-refractivity contribution is 6.10. The second kappa shape index (κ2) is 6.37. The number of aryl methyl sites for hydroxylation is 1. The lowest BCUT2D eigenvalue weighted by Gasteiger charge is -2.23. The lowest BCUT2D eigenvalue weighted by atomic mass is 9.90. The first kappa shape index (κ1) is 16.0. The molecule has 0 fully saturated rings. The van der Waals surface area contributed by atoms with Gasteiger partial charge in [0.05, 0.1) is 0 Å². The van der Waals surface area contributed by atoms with Crippen LogP contribution < -0.4 is 10.6 Å². The molecule has 0 saturated carbocycles. The van der Waals surface area contributed by atoms with Crippen LogP contribution in [0.2, 0.25) is 0 Å². The molecular formula is C16H22N2O2. The molecule has 20 heavy (non-hydrogen) atoms. The summed E-state index contributed by atoms with van der Waals surface area (Å²) in [6.07, 6.45) is 1.58. The smallest absolute Gasteiger partial charge is 0.239 e. The van der Waals surface area contributed by atoms with Crippen LogP contribution in [0.4, 0.5) is 5.69 Å². The number of nitrogens with one attached hydrogen (secondary N) is 2. The summed E-state index contributed by atoms with van der Waals surface area (Å²) in [4.78, 5) is 24.3. The number of rotatable bonds is 5. The molecule has 0 spiro atoms. The van der Waals surface area contributed by atoms with Crippen LogP contribution in [0.15, 0.2) is 30.9 Å². The molecule has 0 aliphatic carbocycles. The Morgan fingerprint density at radius 3 is 2.50 bits per heavy atom. The second-order valence-electron chi connectivity index (χ2n) is 5.33. The maximum Gasteiger partial charge on any atom is 0.239 e. The first-order chi connectivity index (χ1) is 9.30. The van der Waals surface area contributed by atoms with E-state index in [4.69, 9.17) is 0 Å². The fourth-order valence-electron chi connectivity index (χ4n) is 1.65. The molecule has 0 aliphatic heterocycles. The molecule has 1 rings (SSSR count). The Morgan fingerprint density at radius 2 is 1.90 bits per heavy atom. The van der Waals surface area contributed by atoms with Crippen molar-refractivity contribution >= 4 is 17.5 Å². The molecule has 0 aromatic heterocycles. The van der Waals surface area contributed by atoms with Gasteiger partial charge in [0.1, 0.15) is 5.41 Å². The summed E-state index contributed by atoms with van der Waals surface area (Å²) in [5, 5.41) is 5.47. The first-order valence-electron chi connectivity index (χ1n) is 6.57. The first-order valence-corrected chi connectivity index (χ1v) is 6.57. The average molecular weight is 274 g/mol. The summed E-state index contributed by atoms with van der Waals surface area (Å²) >= 11 is 0. The zero-order valence-electron chi connectivity index (χ0n) is 12.5. The van der Waals surface area contributed by atoms with E-state index in [1.54, 1.807) is 19.9 Å². The van der Waals surface area contributed by atoms with Crippen LogP contribution in [0.1, 0.15) is 25.0 Å². The van der Waals surface area contributed by atoms with Gasteiger partial charge < -0.3 is 10.6 Å². The van der Waals surface area contributed by atoms with Gasteiger partial charge in [-0.15, -0.1) is 6.58 Å². The van der Waals surface area contributed by atoms with E-state index in [1.165, 1.54) is 0 Å². The Labute approximate surface area is 120 Å². The van der Waals surface area contributed by atoms with Gasteiger partial charge in [-0.25, -0.2) is 0 Å². The largest absolute Gasteiger partial charge is 0.352 e. The number of anilines is 1. The summed E-state index contributed by atoms with van der Waals surface area (Å²) in [5.41, 5.74) is 1.69. The normalized spacial score (nSPS) is 10.8. The van der Waals surface area contributed by atoms with E-state index in [2.05, 4.69) is 17.2 Å². The van der Waals surface area contributed by atoms with Crippen molar-refractivity contribution in [3.63, 3.8) is 0 Å². The van der Waals surface area contributed by atoms with E-state index < -0.39 is 5.41 Å². The number of carbonyl (C=O) groups excluding carboxylic acids is 2. The van der Waals surface area contributed by atoms with Gasteiger partial charge in [0.2, 0.25) is 11.8 Å². The molecule has 1 aromatic rings. The topological polar surface area (TPSA) is 58.2 Å². The predicted octanol–water partition coefficient (Wildman–Crippen LogP) is 2.57. The lowest BCUT2D eigenvalue weighted by Crippen LogP contribution is -2.45. The maximum absolute atomic E-state index is 12.3. The molecule has 0 unspecified atom stereocenters. The van der Waals surface area contributed by atoms with Gasteiger partial charge in [-0.2, -0.15) is 0 Å². The highest BCUT2D eigenvalue weighted by Crippen LogP contribution is 2.22. The number of amides is 2.